The van der Waals surface area contributed by atoms with Crippen LogP contribution < -0.4 is 0 Å². The number of aliphatic carboxylic acids is 2. The Bertz CT molecular complexity index is 1280. The van der Waals surface area contributed by atoms with E-state index >= 15 is 0 Å². The number of carbonyl (C=O) groups excluding carboxylic acids is 4. The van der Waals surface area contributed by atoms with Crippen molar-refractivity contribution < 1.29 is 67.4 Å². The fraction of sp³-hybridized carbons (Fsp3) is 0.897. The molecule has 0 radical (unpaired) electrons. The van der Waals surface area contributed by atoms with Crippen LogP contribution in [0.25, 0.3) is 0 Å². The number of carbonyl (C=O) groups is 6. The Balaban J connectivity index is 5.32. The molecule has 0 aliphatic rings. The fourth-order valence-corrected chi connectivity index (χ4v) is 9.08. The third-order valence-electron chi connectivity index (χ3n) is 13.9. The van der Waals surface area contributed by atoms with Gasteiger partial charge in [-0.1, -0.05) is 144 Å². The monoisotopic (exact) mass is 1060 g/mol. The maximum Gasteiger partial charge on any atom is 0.508 e. The Morgan fingerprint density at radius 2 is 0.689 bits per heavy atom. The summed E-state index contributed by atoms with van der Waals surface area (Å²) < 4.78 is 33.8. The van der Waals surface area contributed by atoms with E-state index in [-0.39, 0.29) is 50.8 Å². The summed E-state index contributed by atoms with van der Waals surface area (Å²) in [6.07, 6.45) is 23.0. The summed E-state index contributed by atoms with van der Waals surface area (Å²) in [4.78, 5) is 78.4. The van der Waals surface area contributed by atoms with Crippen molar-refractivity contribution in [2.24, 2.45) is 11.8 Å². The van der Waals surface area contributed by atoms with E-state index in [0.29, 0.717) is 96.1 Å². The maximum atomic E-state index is 13.0. The van der Waals surface area contributed by atoms with Gasteiger partial charge in [0.2, 0.25) is 0 Å². The molecule has 0 fully saturated rings. The topological polar surface area (TPSA) is 205 Å². The van der Waals surface area contributed by atoms with Gasteiger partial charge in [-0.3, -0.25) is 24.1 Å². The van der Waals surface area contributed by atoms with Crippen molar-refractivity contribution >= 4 is 36.2 Å². The Hall–Kier alpha value is -3.66. The van der Waals surface area contributed by atoms with Gasteiger partial charge in [-0.2, -0.15) is 0 Å². The molecule has 0 aliphatic heterocycles. The van der Waals surface area contributed by atoms with Gasteiger partial charge in [0.25, 0.3) is 0 Å². The average Bonchev–Trinajstić information content (AvgIpc) is 3.36. The molecular formula is C58H108N2O14. The van der Waals surface area contributed by atoms with Gasteiger partial charge in [0, 0.05) is 51.9 Å². The van der Waals surface area contributed by atoms with Gasteiger partial charge in [0.15, 0.2) is 0 Å². The summed E-state index contributed by atoms with van der Waals surface area (Å²) in [7, 11) is 0. The highest BCUT2D eigenvalue weighted by Crippen LogP contribution is 2.22. The molecule has 2 N–H and O–H groups in total. The Morgan fingerprint density at radius 1 is 0.365 bits per heavy atom. The number of unbranched alkanes of at least 4 members (excludes halogenated alkanes) is 12. The van der Waals surface area contributed by atoms with Crippen LogP contribution in [0.1, 0.15) is 247 Å². The number of carboxylic acids is 2. The van der Waals surface area contributed by atoms with E-state index < -0.39 is 36.5 Å². The zero-order chi connectivity index (χ0) is 54.9. The molecule has 0 heterocycles. The highest BCUT2D eigenvalue weighted by Gasteiger charge is 2.21. The lowest BCUT2D eigenvalue weighted by Crippen LogP contribution is -2.39. The zero-order valence-electron chi connectivity index (χ0n) is 47.7. The van der Waals surface area contributed by atoms with Crippen molar-refractivity contribution in [3.63, 3.8) is 0 Å². The molecule has 0 aromatic carbocycles. The van der Waals surface area contributed by atoms with Crippen LogP contribution in [0.3, 0.4) is 0 Å². The number of esters is 2. The van der Waals surface area contributed by atoms with Crippen LogP contribution in [0.4, 0.5) is 9.59 Å². The largest absolute Gasteiger partial charge is 0.508 e. The van der Waals surface area contributed by atoms with E-state index in [9.17, 15) is 39.0 Å². The summed E-state index contributed by atoms with van der Waals surface area (Å²) in [5, 5.41) is 18.5. The maximum absolute atomic E-state index is 13.0. The number of hydrogen-bond donors (Lipinski definition) is 2. The molecule has 2 atom stereocenters. The minimum absolute atomic E-state index is 0.0135. The number of likely N-dealkylation sites (N-methyl/N-ethyl adjacent to an activating group) is 1. The van der Waals surface area contributed by atoms with Gasteiger partial charge in [-0.05, 0) is 102 Å². The second-order valence-electron chi connectivity index (χ2n) is 20.4. The molecule has 0 aromatic rings. The molecule has 434 valence electrons. The van der Waals surface area contributed by atoms with E-state index in [0.717, 1.165) is 71.0 Å². The molecule has 0 aliphatic carbocycles. The minimum Gasteiger partial charge on any atom is -0.481 e. The predicted octanol–water partition coefficient (Wildman–Crippen LogP) is 13.7. The molecule has 0 amide bonds. The van der Waals surface area contributed by atoms with E-state index in [1.807, 2.05) is 4.90 Å². The molecule has 0 rings (SSSR count). The number of nitrogens with zero attached hydrogens (tertiary/aromatic N) is 2. The first-order chi connectivity index (χ1) is 35.8. The molecular weight excluding hydrogens is 949 g/mol. The molecule has 0 saturated carbocycles. The molecule has 0 spiro atoms. The van der Waals surface area contributed by atoms with Crippen molar-refractivity contribution in [1.82, 2.24) is 9.80 Å². The Morgan fingerprint density at radius 3 is 1.00 bits per heavy atom. The van der Waals surface area contributed by atoms with Crippen molar-refractivity contribution in [2.45, 2.75) is 259 Å². The molecule has 2 unspecified atom stereocenters. The third kappa shape index (κ3) is 44.6. The van der Waals surface area contributed by atoms with Crippen LogP contribution in [-0.4, -0.2) is 134 Å². The van der Waals surface area contributed by atoms with Crippen LogP contribution in [0.2, 0.25) is 0 Å². The summed E-state index contributed by atoms with van der Waals surface area (Å²) >= 11 is 0. The van der Waals surface area contributed by atoms with Crippen molar-refractivity contribution in [1.29, 1.82) is 0 Å². The second-order valence-corrected chi connectivity index (χ2v) is 20.4. The fourth-order valence-electron chi connectivity index (χ4n) is 9.08. The number of carboxylic acid groups (broad SMARTS) is 2. The van der Waals surface area contributed by atoms with Gasteiger partial charge in [-0.25, -0.2) is 9.59 Å². The van der Waals surface area contributed by atoms with Crippen molar-refractivity contribution in [3.05, 3.63) is 0 Å². The first-order valence-corrected chi connectivity index (χ1v) is 29.7. The summed E-state index contributed by atoms with van der Waals surface area (Å²) in [6.45, 7) is 17.4. The Labute approximate surface area is 448 Å². The van der Waals surface area contributed by atoms with Gasteiger partial charge >= 0.3 is 36.2 Å². The lowest BCUT2D eigenvalue weighted by Gasteiger charge is -2.26. The van der Waals surface area contributed by atoms with E-state index in [1.165, 1.54) is 77.0 Å². The van der Waals surface area contributed by atoms with Crippen LogP contribution in [-0.2, 0) is 47.6 Å². The van der Waals surface area contributed by atoms with Crippen molar-refractivity contribution in [3.8, 4) is 0 Å². The quantitative estimate of drug-likeness (QED) is 0.0330. The zero-order valence-corrected chi connectivity index (χ0v) is 47.7. The summed E-state index contributed by atoms with van der Waals surface area (Å²) in [5.41, 5.74) is 0. The molecule has 74 heavy (non-hydrogen) atoms. The van der Waals surface area contributed by atoms with Gasteiger partial charge in [0.05, 0.1) is 13.2 Å². The highest BCUT2D eigenvalue weighted by molar-refractivity contribution is 5.69. The van der Waals surface area contributed by atoms with Gasteiger partial charge in [0.1, 0.15) is 25.4 Å². The molecule has 16 nitrogen and oxygen atoms in total. The van der Waals surface area contributed by atoms with E-state index in [4.69, 9.17) is 28.4 Å². The highest BCUT2D eigenvalue weighted by atomic mass is 16.7. The molecule has 0 saturated heterocycles. The van der Waals surface area contributed by atoms with Crippen molar-refractivity contribution in [2.75, 3.05) is 65.7 Å². The number of rotatable bonds is 53. The lowest BCUT2D eigenvalue weighted by atomic mass is 9.95. The van der Waals surface area contributed by atoms with Crippen LogP contribution in [0, 0.1) is 11.8 Å². The molecule has 0 bridgehead atoms. The van der Waals surface area contributed by atoms with Gasteiger partial charge < -0.3 is 43.5 Å². The number of ether oxygens (including phenoxy) is 6. The summed E-state index contributed by atoms with van der Waals surface area (Å²) in [5.74, 6) is -1.75. The van der Waals surface area contributed by atoms with E-state index in [1.54, 1.807) is 0 Å². The predicted molar refractivity (Wildman–Crippen MR) is 291 cm³/mol. The van der Waals surface area contributed by atoms with Crippen LogP contribution in [0.5, 0.6) is 0 Å². The normalized spacial score (nSPS) is 12.3. The first kappa shape index (κ1) is 70.3. The standard InChI is InChI=1S/C58H108N2O14/c1-7-13-17-21-29-49(30-22-18-14-8-2)47-71-55(65)39-27-35-51(33-25-37-53(61)62)73-57(67)69-45-43-60(42-41-59(11-5)12-6)44-46-70-58(68)74-52(34-26-38-54(63)64)36-28-40-56(66)72-48-50(31-23-19-15-9-3)32-24-20-16-10-4/h49-52H,7-48H2,1-6H3,(H,61,62)(H,63,64). The minimum atomic E-state index is -0.944. The van der Waals surface area contributed by atoms with Gasteiger partial charge in [-0.15, -0.1) is 0 Å². The first-order valence-electron chi connectivity index (χ1n) is 29.7. The smallest absolute Gasteiger partial charge is 0.481 e. The number of hydrogen-bond acceptors (Lipinski definition) is 14. The summed E-state index contributed by atoms with van der Waals surface area (Å²) in [6, 6.07) is 0. The SMILES string of the molecule is CCCCCCC(CCCCCC)COC(=O)CCCC(CCCC(=O)O)OC(=O)OCCN(CCOC(=O)OC(CCCC(=O)O)CCCC(=O)OCC(CCCCCC)CCCCCC)CCN(CC)CC. The van der Waals surface area contributed by atoms with Crippen LogP contribution in [0.15, 0.2) is 0 Å². The lowest BCUT2D eigenvalue weighted by molar-refractivity contribution is -0.146. The van der Waals surface area contributed by atoms with Crippen LogP contribution >= 0.6 is 0 Å². The average molecular weight is 1060 g/mol. The Kier molecular flexibility index (Phi) is 47.7. The van der Waals surface area contributed by atoms with E-state index in [2.05, 4.69) is 46.4 Å². The second kappa shape index (κ2) is 50.2. The molecule has 0 aromatic heterocycles. The molecule has 16 heteroatoms. The third-order valence-corrected chi connectivity index (χ3v) is 13.9.